The fourth-order valence-corrected chi connectivity index (χ4v) is 5.07. The van der Waals surface area contributed by atoms with Crippen LogP contribution >= 0.6 is 0 Å². The first-order valence-corrected chi connectivity index (χ1v) is 10.7. The lowest BCUT2D eigenvalue weighted by atomic mass is 9.81. The van der Waals surface area contributed by atoms with Crippen LogP contribution in [0.15, 0.2) is 54.1 Å². The Morgan fingerprint density at radius 1 is 1.12 bits per heavy atom. The van der Waals surface area contributed by atoms with Gasteiger partial charge < -0.3 is 19.6 Å². The van der Waals surface area contributed by atoms with E-state index in [1.165, 1.54) is 9.80 Å². The zero-order valence-electron chi connectivity index (χ0n) is 18.0. The molecule has 2 atom stereocenters. The number of hydrogen-bond acceptors (Lipinski definition) is 5. The Bertz CT molecular complexity index is 1160. The Kier molecular flexibility index (Phi) is 4.67. The van der Waals surface area contributed by atoms with Crippen LogP contribution in [0.4, 0.5) is 5.69 Å². The molecule has 3 aliphatic heterocycles. The van der Waals surface area contributed by atoms with E-state index < -0.39 is 23.1 Å². The number of amides is 2. The molecule has 7 heteroatoms. The summed E-state index contributed by atoms with van der Waals surface area (Å²) in [4.78, 5) is 43.3. The average molecular weight is 432 g/mol. The quantitative estimate of drug-likeness (QED) is 0.458. The van der Waals surface area contributed by atoms with E-state index in [0.717, 1.165) is 18.4 Å². The monoisotopic (exact) mass is 432 g/mol. The van der Waals surface area contributed by atoms with Crippen LogP contribution in [0, 0.1) is 6.92 Å². The number of ether oxygens (including phenoxy) is 1. The molecule has 0 unspecified atom stereocenters. The fraction of sp³-hybridized carbons (Fsp3) is 0.320. The number of ketones is 1. The average Bonchev–Trinajstić information content (AvgIpc) is 3.45. The molecule has 164 valence electrons. The third-order valence-electron chi connectivity index (χ3n) is 6.67. The molecule has 2 fully saturated rings. The van der Waals surface area contributed by atoms with Crippen molar-refractivity contribution in [2.75, 3.05) is 25.1 Å². The molecule has 2 saturated heterocycles. The van der Waals surface area contributed by atoms with E-state index in [2.05, 4.69) is 0 Å². The second-order valence-corrected chi connectivity index (χ2v) is 8.56. The number of para-hydroxylation sites is 1. The molecule has 1 N–H and O–H groups in total. The summed E-state index contributed by atoms with van der Waals surface area (Å²) in [6.45, 7) is 2.59. The van der Waals surface area contributed by atoms with Crippen LogP contribution in [-0.2, 0) is 24.7 Å². The highest BCUT2D eigenvalue weighted by Crippen LogP contribution is 2.53. The van der Waals surface area contributed by atoms with E-state index >= 15 is 0 Å². The minimum Gasteiger partial charge on any atom is -0.507 e. The number of likely N-dealkylation sites (tertiary alicyclic amines) is 1. The van der Waals surface area contributed by atoms with Gasteiger partial charge in [0.15, 0.2) is 5.54 Å². The van der Waals surface area contributed by atoms with Gasteiger partial charge in [-0.25, -0.2) is 0 Å². The Morgan fingerprint density at radius 2 is 1.84 bits per heavy atom. The number of aryl methyl sites for hydroxylation is 1. The van der Waals surface area contributed by atoms with Gasteiger partial charge in [-0.2, -0.15) is 0 Å². The number of aliphatic hydroxyl groups is 1. The van der Waals surface area contributed by atoms with Crippen LogP contribution in [0.1, 0.15) is 29.5 Å². The lowest BCUT2D eigenvalue weighted by molar-refractivity contribution is -0.145. The number of carbonyl (C=O) groups excluding carboxylic acids is 3. The minimum atomic E-state index is -1.72. The SMILES string of the molecule is Cc1ccc(C(O)=C2C(=O)C(=O)N(C[C@H]3CCCO3)[C@]23C(=O)N(C)c2ccccc23)cc1. The summed E-state index contributed by atoms with van der Waals surface area (Å²) in [5.74, 6) is -2.45. The van der Waals surface area contributed by atoms with E-state index in [-0.39, 0.29) is 24.0 Å². The van der Waals surface area contributed by atoms with Crippen molar-refractivity contribution in [1.82, 2.24) is 4.90 Å². The molecule has 0 bridgehead atoms. The van der Waals surface area contributed by atoms with Crippen LogP contribution in [0.3, 0.4) is 0 Å². The number of hydrogen-bond donors (Lipinski definition) is 1. The lowest BCUT2D eigenvalue weighted by Crippen LogP contribution is -2.53. The number of Topliss-reactive ketones (excluding diaryl/α,β-unsaturated/α-hetero) is 1. The zero-order chi connectivity index (χ0) is 22.6. The van der Waals surface area contributed by atoms with Gasteiger partial charge in [0.1, 0.15) is 5.76 Å². The van der Waals surface area contributed by atoms with E-state index in [1.807, 2.05) is 6.92 Å². The second-order valence-electron chi connectivity index (χ2n) is 8.56. The largest absolute Gasteiger partial charge is 0.507 e. The van der Waals surface area contributed by atoms with Crippen molar-refractivity contribution >= 4 is 29.0 Å². The van der Waals surface area contributed by atoms with Crippen LogP contribution in [-0.4, -0.2) is 53.9 Å². The fourth-order valence-electron chi connectivity index (χ4n) is 5.07. The molecule has 2 aromatic rings. The molecule has 0 aliphatic carbocycles. The maximum atomic E-state index is 13.9. The van der Waals surface area contributed by atoms with Gasteiger partial charge in [-0.1, -0.05) is 48.0 Å². The Hall–Kier alpha value is -3.45. The molecule has 1 spiro atoms. The topological polar surface area (TPSA) is 87.1 Å². The molecule has 7 nitrogen and oxygen atoms in total. The van der Waals surface area contributed by atoms with Gasteiger partial charge in [0.25, 0.3) is 17.6 Å². The molecule has 0 aromatic heterocycles. The number of carbonyl (C=O) groups is 3. The predicted molar refractivity (Wildman–Crippen MR) is 118 cm³/mol. The number of fused-ring (bicyclic) bond motifs is 2. The van der Waals surface area contributed by atoms with E-state index in [4.69, 9.17) is 4.74 Å². The van der Waals surface area contributed by atoms with Gasteiger partial charge in [-0.05, 0) is 25.8 Å². The van der Waals surface area contributed by atoms with Crippen LogP contribution in [0.2, 0.25) is 0 Å². The second kappa shape index (κ2) is 7.31. The molecule has 0 radical (unpaired) electrons. The zero-order valence-corrected chi connectivity index (χ0v) is 18.0. The number of rotatable bonds is 3. The summed E-state index contributed by atoms with van der Waals surface area (Å²) in [5.41, 5.74) is 0.568. The Balaban J connectivity index is 1.79. The first kappa shape index (κ1) is 20.5. The normalized spacial score (nSPS) is 26.4. The van der Waals surface area contributed by atoms with E-state index in [0.29, 0.717) is 23.4 Å². The molecular formula is C25H24N2O5. The van der Waals surface area contributed by atoms with Crippen molar-refractivity contribution in [2.45, 2.75) is 31.4 Å². The van der Waals surface area contributed by atoms with Gasteiger partial charge in [-0.15, -0.1) is 0 Å². The Labute approximate surface area is 185 Å². The number of likely N-dealkylation sites (N-methyl/N-ethyl adjacent to an activating group) is 1. The maximum Gasteiger partial charge on any atom is 0.296 e. The molecule has 3 aliphatic rings. The molecule has 2 aromatic carbocycles. The predicted octanol–water partition coefficient (Wildman–Crippen LogP) is 2.73. The van der Waals surface area contributed by atoms with Crippen LogP contribution in [0.25, 0.3) is 5.76 Å². The van der Waals surface area contributed by atoms with Crippen molar-refractivity contribution in [1.29, 1.82) is 0 Å². The highest BCUT2D eigenvalue weighted by molar-refractivity contribution is 6.50. The van der Waals surface area contributed by atoms with Gasteiger partial charge in [0.05, 0.1) is 11.7 Å². The van der Waals surface area contributed by atoms with Crippen molar-refractivity contribution in [3.05, 3.63) is 70.8 Å². The van der Waals surface area contributed by atoms with Crippen molar-refractivity contribution in [3.63, 3.8) is 0 Å². The minimum absolute atomic E-state index is 0.100. The summed E-state index contributed by atoms with van der Waals surface area (Å²) in [6, 6.07) is 14.1. The van der Waals surface area contributed by atoms with Gasteiger partial charge in [-0.3, -0.25) is 14.4 Å². The van der Waals surface area contributed by atoms with Gasteiger partial charge in [0.2, 0.25) is 0 Å². The van der Waals surface area contributed by atoms with Gasteiger partial charge in [0, 0.05) is 37.0 Å². The Morgan fingerprint density at radius 3 is 2.53 bits per heavy atom. The third-order valence-corrected chi connectivity index (χ3v) is 6.67. The van der Waals surface area contributed by atoms with E-state index in [9.17, 15) is 19.5 Å². The summed E-state index contributed by atoms with van der Waals surface area (Å²) in [5, 5.41) is 11.3. The number of nitrogens with zero attached hydrogens (tertiary/aromatic N) is 2. The number of aliphatic hydroxyl groups excluding tert-OH is 1. The molecule has 5 rings (SSSR count). The van der Waals surface area contributed by atoms with Gasteiger partial charge >= 0.3 is 0 Å². The molecular weight excluding hydrogens is 408 g/mol. The van der Waals surface area contributed by atoms with E-state index in [1.54, 1.807) is 55.6 Å². The highest BCUT2D eigenvalue weighted by atomic mass is 16.5. The standard InChI is InChI=1S/C25H24N2O5/c1-15-9-11-16(12-10-15)21(28)20-22(29)23(30)27(14-17-6-5-13-32-17)25(20)18-7-3-4-8-19(18)26(2)24(25)31/h3-4,7-12,17,28H,5-6,13-14H2,1-2H3/t17-,25+/m1/s1. The smallest absolute Gasteiger partial charge is 0.296 e. The summed E-state index contributed by atoms with van der Waals surface area (Å²) < 4.78 is 5.74. The number of benzene rings is 2. The summed E-state index contributed by atoms with van der Waals surface area (Å²) >= 11 is 0. The lowest BCUT2D eigenvalue weighted by Gasteiger charge is -2.35. The van der Waals surface area contributed by atoms with Crippen LogP contribution < -0.4 is 4.90 Å². The highest BCUT2D eigenvalue weighted by Gasteiger charge is 2.66. The van der Waals surface area contributed by atoms with Crippen LogP contribution in [0.5, 0.6) is 0 Å². The molecule has 2 amide bonds. The molecule has 32 heavy (non-hydrogen) atoms. The number of anilines is 1. The maximum absolute atomic E-state index is 13.9. The van der Waals surface area contributed by atoms with Crippen molar-refractivity contribution in [2.24, 2.45) is 0 Å². The first-order chi connectivity index (χ1) is 15.4. The third kappa shape index (κ3) is 2.67. The van der Waals surface area contributed by atoms with Crippen molar-refractivity contribution < 1.29 is 24.2 Å². The molecule has 3 heterocycles. The summed E-state index contributed by atoms with van der Waals surface area (Å²) in [6.07, 6.45) is 1.33. The summed E-state index contributed by atoms with van der Waals surface area (Å²) in [7, 11) is 1.62. The van der Waals surface area contributed by atoms with Crippen molar-refractivity contribution in [3.8, 4) is 0 Å². The molecule has 0 saturated carbocycles. The first-order valence-electron chi connectivity index (χ1n) is 10.7.